The van der Waals surface area contributed by atoms with Crippen LogP contribution in [0.2, 0.25) is 0 Å². The predicted octanol–water partition coefficient (Wildman–Crippen LogP) is 3.42. The molecule has 1 amide bonds. The Balaban J connectivity index is 1.26. The number of amides is 1. The van der Waals surface area contributed by atoms with E-state index in [1.54, 1.807) is 0 Å². The van der Waals surface area contributed by atoms with E-state index < -0.39 is 0 Å². The lowest BCUT2D eigenvalue weighted by Crippen LogP contribution is -2.41. The smallest absolute Gasteiger partial charge is 0.225 e. The molecule has 4 nitrogen and oxygen atoms in total. The van der Waals surface area contributed by atoms with Crippen LogP contribution < -0.4 is 0 Å². The maximum absolute atomic E-state index is 13.0. The van der Waals surface area contributed by atoms with Gasteiger partial charge in [0.15, 0.2) is 0 Å². The van der Waals surface area contributed by atoms with Crippen LogP contribution in [0.25, 0.3) is 0 Å². The zero-order valence-electron chi connectivity index (χ0n) is 15.6. The molecular weight excluding hydrogens is 322 g/mol. The molecule has 0 bridgehead atoms. The van der Waals surface area contributed by atoms with Crippen LogP contribution in [0.5, 0.6) is 0 Å². The second-order valence-corrected chi connectivity index (χ2v) is 8.41. The van der Waals surface area contributed by atoms with Crippen molar-refractivity contribution < 1.29 is 4.79 Å². The molecule has 4 heteroatoms. The molecule has 2 atom stereocenters. The minimum absolute atomic E-state index is 0.229. The van der Waals surface area contributed by atoms with Crippen LogP contribution in [-0.4, -0.2) is 41.9 Å². The van der Waals surface area contributed by atoms with E-state index in [-0.39, 0.29) is 5.92 Å². The van der Waals surface area contributed by atoms with Crippen molar-refractivity contribution in [2.75, 3.05) is 26.2 Å². The van der Waals surface area contributed by atoms with Gasteiger partial charge in [0, 0.05) is 25.6 Å². The van der Waals surface area contributed by atoms with E-state index >= 15 is 0 Å². The first-order valence-electron chi connectivity index (χ1n) is 10.2. The average Bonchev–Trinajstić information content (AvgIpc) is 3.13. The molecular formula is C22H29N3O. The monoisotopic (exact) mass is 351 g/mol. The lowest BCUT2D eigenvalue weighted by Gasteiger charge is -2.33. The molecule has 2 unspecified atom stereocenters. The van der Waals surface area contributed by atoms with Crippen molar-refractivity contribution >= 4 is 5.91 Å². The van der Waals surface area contributed by atoms with Crippen molar-refractivity contribution in [1.29, 1.82) is 5.26 Å². The van der Waals surface area contributed by atoms with E-state index in [4.69, 9.17) is 5.26 Å². The second kappa shape index (κ2) is 7.80. The fourth-order valence-electron chi connectivity index (χ4n) is 5.12. The molecule has 26 heavy (non-hydrogen) atoms. The maximum Gasteiger partial charge on any atom is 0.225 e. The van der Waals surface area contributed by atoms with Gasteiger partial charge < -0.3 is 4.90 Å². The Kier molecular flexibility index (Phi) is 5.26. The summed E-state index contributed by atoms with van der Waals surface area (Å²) in [5, 5.41) is 8.89. The maximum atomic E-state index is 13.0. The highest BCUT2D eigenvalue weighted by Gasteiger charge is 2.38. The fraction of sp³-hybridized carbons (Fsp3) is 0.636. The summed E-state index contributed by atoms with van der Waals surface area (Å²) in [6.45, 7) is 4.96. The van der Waals surface area contributed by atoms with E-state index in [1.807, 2.05) is 24.3 Å². The van der Waals surface area contributed by atoms with Gasteiger partial charge in [0.25, 0.3) is 0 Å². The molecule has 3 aliphatic rings. The third kappa shape index (κ3) is 3.78. The van der Waals surface area contributed by atoms with Crippen molar-refractivity contribution in [1.82, 2.24) is 9.80 Å². The molecule has 0 aromatic heterocycles. The summed E-state index contributed by atoms with van der Waals surface area (Å²) in [6.07, 6.45) is 7.35. The van der Waals surface area contributed by atoms with Gasteiger partial charge in [-0.1, -0.05) is 25.0 Å². The Morgan fingerprint density at radius 1 is 1.00 bits per heavy atom. The minimum atomic E-state index is 0.229. The summed E-state index contributed by atoms with van der Waals surface area (Å²) in [4.78, 5) is 17.6. The average molecular weight is 351 g/mol. The number of piperidine rings is 1. The standard InChI is InChI=1S/C22H29N3O/c23-13-17-5-7-18(8-6-17)14-24-11-9-19(10-12-24)22(26)25-15-20-3-1-2-4-21(20)16-25/h5-8,19-21H,1-4,9-12,14-16H2. The van der Waals surface area contributed by atoms with Gasteiger partial charge in [-0.05, 0) is 68.3 Å². The molecule has 4 rings (SSSR count). The molecule has 1 aromatic rings. The molecule has 1 aliphatic carbocycles. The molecule has 2 heterocycles. The van der Waals surface area contributed by atoms with E-state index in [0.717, 1.165) is 57.4 Å². The fourth-order valence-corrected chi connectivity index (χ4v) is 5.12. The SMILES string of the molecule is N#Cc1ccc(CN2CCC(C(=O)N3CC4CCCCC4C3)CC2)cc1. The Hall–Kier alpha value is -1.86. The number of fused-ring (bicyclic) bond motifs is 1. The van der Waals surface area contributed by atoms with Gasteiger partial charge in [0.2, 0.25) is 5.91 Å². The number of hydrogen-bond donors (Lipinski definition) is 0. The summed E-state index contributed by atoms with van der Waals surface area (Å²) >= 11 is 0. The van der Waals surface area contributed by atoms with Gasteiger partial charge in [-0.2, -0.15) is 5.26 Å². The van der Waals surface area contributed by atoms with Gasteiger partial charge in [-0.25, -0.2) is 0 Å². The van der Waals surface area contributed by atoms with E-state index in [2.05, 4.69) is 15.9 Å². The van der Waals surface area contributed by atoms with E-state index in [0.29, 0.717) is 11.5 Å². The number of likely N-dealkylation sites (tertiary alicyclic amines) is 2. The molecule has 3 fully saturated rings. The Labute approximate surface area is 156 Å². The van der Waals surface area contributed by atoms with Crippen molar-refractivity contribution in [2.24, 2.45) is 17.8 Å². The number of nitriles is 1. The van der Waals surface area contributed by atoms with Crippen LogP contribution in [0.15, 0.2) is 24.3 Å². The third-order valence-corrected chi connectivity index (χ3v) is 6.71. The summed E-state index contributed by atoms with van der Waals surface area (Å²) in [5.41, 5.74) is 1.96. The summed E-state index contributed by atoms with van der Waals surface area (Å²) < 4.78 is 0. The normalized spacial score (nSPS) is 27.1. The summed E-state index contributed by atoms with van der Waals surface area (Å²) in [5.74, 6) is 2.22. The van der Waals surface area contributed by atoms with Crippen molar-refractivity contribution in [3.05, 3.63) is 35.4 Å². The Bertz CT molecular complexity index is 656. The lowest BCUT2D eigenvalue weighted by atomic mass is 9.82. The molecule has 0 N–H and O–H groups in total. The van der Waals surface area contributed by atoms with Gasteiger partial charge >= 0.3 is 0 Å². The van der Waals surface area contributed by atoms with Gasteiger partial charge in [-0.3, -0.25) is 9.69 Å². The van der Waals surface area contributed by atoms with Gasteiger partial charge in [0.05, 0.1) is 11.6 Å². The molecule has 0 radical (unpaired) electrons. The van der Waals surface area contributed by atoms with Crippen LogP contribution in [0.4, 0.5) is 0 Å². The largest absolute Gasteiger partial charge is 0.342 e. The van der Waals surface area contributed by atoms with Crippen LogP contribution in [0.1, 0.15) is 49.7 Å². The summed E-state index contributed by atoms with van der Waals surface area (Å²) in [7, 11) is 0. The highest BCUT2D eigenvalue weighted by atomic mass is 16.2. The molecule has 2 aliphatic heterocycles. The highest BCUT2D eigenvalue weighted by Crippen LogP contribution is 2.37. The minimum Gasteiger partial charge on any atom is -0.342 e. The number of nitrogens with zero attached hydrogens (tertiary/aromatic N) is 3. The predicted molar refractivity (Wildman–Crippen MR) is 101 cm³/mol. The lowest BCUT2D eigenvalue weighted by molar-refractivity contribution is -0.136. The van der Waals surface area contributed by atoms with Crippen molar-refractivity contribution in [2.45, 2.75) is 45.1 Å². The zero-order chi connectivity index (χ0) is 17.9. The number of carbonyl (C=O) groups is 1. The number of rotatable bonds is 3. The number of benzene rings is 1. The first-order chi connectivity index (χ1) is 12.7. The number of carbonyl (C=O) groups excluding carboxylic acids is 1. The Morgan fingerprint density at radius 3 is 2.19 bits per heavy atom. The molecule has 138 valence electrons. The molecule has 1 saturated carbocycles. The highest BCUT2D eigenvalue weighted by molar-refractivity contribution is 5.79. The topological polar surface area (TPSA) is 47.3 Å². The van der Waals surface area contributed by atoms with Gasteiger partial charge in [0.1, 0.15) is 0 Å². The van der Waals surface area contributed by atoms with Crippen LogP contribution in [0.3, 0.4) is 0 Å². The van der Waals surface area contributed by atoms with Crippen LogP contribution in [-0.2, 0) is 11.3 Å². The summed E-state index contributed by atoms with van der Waals surface area (Å²) in [6, 6.07) is 10.0. The number of hydrogen-bond acceptors (Lipinski definition) is 3. The quantitative estimate of drug-likeness (QED) is 0.838. The van der Waals surface area contributed by atoms with Crippen LogP contribution in [0, 0.1) is 29.1 Å². The second-order valence-electron chi connectivity index (χ2n) is 8.41. The van der Waals surface area contributed by atoms with Crippen molar-refractivity contribution in [3.8, 4) is 6.07 Å². The third-order valence-electron chi connectivity index (χ3n) is 6.71. The van der Waals surface area contributed by atoms with Crippen molar-refractivity contribution in [3.63, 3.8) is 0 Å². The first kappa shape index (κ1) is 17.5. The first-order valence-corrected chi connectivity index (χ1v) is 10.2. The van der Waals surface area contributed by atoms with Gasteiger partial charge in [-0.15, -0.1) is 0 Å². The van der Waals surface area contributed by atoms with E-state index in [1.165, 1.54) is 31.2 Å². The molecule has 2 saturated heterocycles. The molecule has 0 spiro atoms. The van der Waals surface area contributed by atoms with E-state index in [9.17, 15) is 4.79 Å². The zero-order valence-corrected chi connectivity index (χ0v) is 15.6. The van der Waals surface area contributed by atoms with Crippen LogP contribution >= 0.6 is 0 Å². The molecule has 1 aromatic carbocycles. The Morgan fingerprint density at radius 2 is 1.62 bits per heavy atom.